The Morgan fingerprint density at radius 2 is 1.89 bits per heavy atom. The second kappa shape index (κ2) is 10.4. The summed E-state index contributed by atoms with van der Waals surface area (Å²) in [6.07, 6.45) is 1.53. The maximum atomic E-state index is 12.4. The van der Waals surface area contributed by atoms with E-state index in [9.17, 15) is 14.9 Å². The largest absolute Gasteiger partial charge is 0.490 e. The number of hydrogen-bond acceptors (Lipinski definition) is 7. The van der Waals surface area contributed by atoms with Crippen molar-refractivity contribution in [2.45, 2.75) is 20.5 Å². The zero-order valence-corrected chi connectivity index (χ0v) is 19.7. The van der Waals surface area contributed by atoms with Crippen molar-refractivity contribution in [1.82, 2.24) is 0 Å². The number of rotatable bonds is 8. The quantitative estimate of drug-likeness (QED) is 0.168. The van der Waals surface area contributed by atoms with Crippen LogP contribution in [0.3, 0.4) is 0 Å². The summed E-state index contributed by atoms with van der Waals surface area (Å²) < 4.78 is 16.9. The predicted molar refractivity (Wildman–Crippen MR) is 132 cm³/mol. The number of nitrogens with zero attached hydrogens (tertiary/aromatic N) is 2. The summed E-state index contributed by atoms with van der Waals surface area (Å²) in [6, 6.07) is 17.4. The lowest BCUT2D eigenvalue weighted by Crippen LogP contribution is -2.06. The van der Waals surface area contributed by atoms with Gasteiger partial charge in [0.2, 0.25) is 5.90 Å². The Kier molecular flexibility index (Phi) is 7.12. The minimum Gasteiger partial charge on any atom is -0.490 e. The van der Waals surface area contributed by atoms with Gasteiger partial charge >= 0.3 is 5.97 Å². The van der Waals surface area contributed by atoms with Crippen molar-refractivity contribution in [1.29, 1.82) is 0 Å². The number of carbonyl (C=O) groups excluding carboxylic acids is 1. The Morgan fingerprint density at radius 1 is 1.11 bits per heavy atom. The highest BCUT2D eigenvalue weighted by atomic mass is 35.5. The molecule has 0 radical (unpaired) electrons. The van der Waals surface area contributed by atoms with Gasteiger partial charge < -0.3 is 14.2 Å². The summed E-state index contributed by atoms with van der Waals surface area (Å²) in [7, 11) is 0. The molecule has 1 aliphatic heterocycles. The van der Waals surface area contributed by atoms with Crippen molar-refractivity contribution in [3.05, 3.63) is 104 Å². The minimum absolute atomic E-state index is 0.0258. The zero-order chi connectivity index (χ0) is 24.9. The SMILES string of the molecule is CCOc1cc(/C=C2\N=C(c3ccc([N+](=O)[O-])c(C)c3)OC2=O)cc(Cl)c1OCc1ccccc1. The molecule has 9 heteroatoms. The lowest BCUT2D eigenvalue weighted by Gasteiger charge is -2.14. The van der Waals surface area contributed by atoms with Crippen LogP contribution >= 0.6 is 11.6 Å². The van der Waals surface area contributed by atoms with E-state index in [1.165, 1.54) is 18.2 Å². The third-order valence-corrected chi connectivity index (χ3v) is 5.40. The Bertz CT molecular complexity index is 1350. The monoisotopic (exact) mass is 492 g/mol. The van der Waals surface area contributed by atoms with Crippen molar-refractivity contribution < 1.29 is 23.9 Å². The summed E-state index contributed by atoms with van der Waals surface area (Å²) in [4.78, 5) is 27.3. The van der Waals surface area contributed by atoms with Crippen LogP contribution in [0, 0.1) is 17.0 Å². The smallest absolute Gasteiger partial charge is 0.363 e. The van der Waals surface area contributed by atoms with Gasteiger partial charge in [-0.05, 0) is 55.3 Å². The van der Waals surface area contributed by atoms with Crippen LogP contribution in [0.5, 0.6) is 11.5 Å². The van der Waals surface area contributed by atoms with Gasteiger partial charge in [0.05, 0.1) is 16.6 Å². The van der Waals surface area contributed by atoms with Crippen LogP contribution in [0.15, 0.2) is 71.4 Å². The van der Waals surface area contributed by atoms with E-state index >= 15 is 0 Å². The molecule has 3 aromatic rings. The van der Waals surface area contributed by atoms with Crippen molar-refractivity contribution in [2.24, 2.45) is 4.99 Å². The number of nitro benzene ring substituents is 1. The van der Waals surface area contributed by atoms with Crippen LogP contribution in [0.1, 0.15) is 29.2 Å². The highest BCUT2D eigenvalue weighted by molar-refractivity contribution is 6.32. The van der Waals surface area contributed by atoms with E-state index < -0.39 is 10.9 Å². The molecule has 1 heterocycles. The van der Waals surface area contributed by atoms with E-state index in [0.717, 1.165) is 5.56 Å². The van der Waals surface area contributed by atoms with Crippen LogP contribution in [0.25, 0.3) is 6.08 Å². The summed E-state index contributed by atoms with van der Waals surface area (Å²) in [5, 5.41) is 11.4. The van der Waals surface area contributed by atoms with Crippen molar-refractivity contribution in [3.63, 3.8) is 0 Å². The lowest BCUT2D eigenvalue weighted by atomic mass is 10.1. The maximum Gasteiger partial charge on any atom is 0.363 e. The first-order chi connectivity index (χ1) is 16.9. The van der Waals surface area contributed by atoms with Crippen molar-refractivity contribution >= 4 is 35.2 Å². The fraction of sp³-hybridized carbons (Fsp3) is 0.154. The van der Waals surface area contributed by atoms with Gasteiger partial charge in [0.25, 0.3) is 5.69 Å². The molecular weight excluding hydrogens is 472 g/mol. The van der Waals surface area contributed by atoms with Crippen molar-refractivity contribution in [3.8, 4) is 11.5 Å². The zero-order valence-electron chi connectivity index (χ0n) is 19.0. The number of cyclic esters (lactones) is 1. The molecule has 178 valence electrons. The average molecular weight is 493 g/mol. The molecule has 0 unspecified atom stereocenters. The highest BCUT2D eigenvalue weighted by Crippen LogP contribution is 2.38. The molecule has 0 aliphatic carbocycles. The molecule has 0 aromatic heterocycles. The Labute approximate surface area is 206 Å². The first-order valence-electron chi connectivity index (χ1n) is 10.8. The summed E-state index contributed by atoms with van der Waals surface area (Å²) in [5.74, 6) is 0.260. The second-order valence-corrected chi connectivity index (χ2v) is 8.04. The number of benzene rings is 3. The number of ether oxygens (including phenoxy) is 3. The number of hydrogen-bond donors (Lipinski definition) is 0. The van der Waals surface area contributed by atoms with E-state index in [4.69, 9.17) is 25.8 Å². The fourth-order valence-corrected chi connectivity index (χ4v) is 3.76. The number of aryl methyl sites for hydroxylation is 1. The molecule has 0 N–H and O–H groups in total. The molecular formula is C26H21ClN2O6. The van der Waals surface area contributed by atoms with Gasteiger partial charge in [0.1, 0.15) is 6.61 Å². The molecule has 0 amide bonds. The summed E-state index contributed by atoms with van der Waals surface area (Å²) >= 11 is 6.50. The highest BCUT2D eigenvalue weighted by Gasteiger charge is 2.26. The third-order valence-electron chi connectivity index (χ3n) is 5.12. The van der Waals surface area contributed by atoms with E-state index in [1.807, 2.05) is 37.3 Å². The lowest BCUT2D eigenvalue weighted by molar-refractivity contribution is -0.385. The standard InChI is InChI=1S/C26H21ClN2O6/c1-3-33-23-14-18(12-20(27)24(23)34-15-17-7-5-4-6-8-17)13-21-26(30)35-25(28-21)19-9-10-22(29(31)32)16(2)11-19/h4-14H,3,15H2,1-2H3/b21-13-. The second-order valence-electron chi connectivity index (χ2n) is 7.63. The van der Waals surface area contributed by atoms with Crippen LogP contribution in [-0.2, 0) is 16.1 Å². The first-order valence-corrected chi connectivity index (χ1v) is 11.1. The molecule has 35 heavy (non-hydrogen) atoms. The van der Waals surface area contributed by atoms with Gasteiger partial charge in [-0.2, -0.15) is 0 Å². The number of carbonyl (C=O) groups is 1. The van der Waals surface area contributed by atoms with Gasteiger partial charge in [0.15, 0.2) is 17.2 Å². The van der Waals surface area contributed by atoms with Gasteiger partial charge in [-0.3, -0.25) is 10.1 Å². The molecule has 1 aliphatic rings. The number of aliphatic imine (C=N–C) groups is 1. The normalized spacial score (nSPS) is 14.0. The van der Waals surface area contributed by atoms with Crippen LogP contribution in [0.2, 0.25) is 5.02 Å². The van der Waals surface area contributed by atoms with Gasteiger partial charge in [-0.25, -0.2) is 9.79 Å². The summed E-state index contributed by atoms with van der Waals surface area (Å²) in [6.45, 7) is 4.16. The molecule has 0 saturated carbocycles. The molecule has 0 spiro atoms. The number of nitro groups is 1. The van der Waals surface area contributed by atoms with Crippen LogP contribution < -0.4 is 9.47 Å². The van der Waals surface area contributed by atoms with E-state index in [0.29, 0.717) is 46.4 Å². The van der Waals surface area contributed by atoms with Crippen LogP contribution in [0.4, 0.5) is 5.69 Å². The average Bonchev–Trinajstić information content (AvgIpc) is 3.19. The van der Waals surface area contributed by atoms with Crippen LogP contribution in [-0.4, -0.2) is 23.4 Å². The van der Waals surface area contributed by atoms with Gasteiger partial charge in [-0.1, -0.05) is 41.9 Å². The van der Waals surface area contributed by atoms with Crippen molar-refractivity contribution in [2.75, 3.05) is 6.61 Å². The third kappa shape index (κ3) is 5.50. The molecule has 4 rings (SSSR count). The molecule has 0 fully saturated rings. The summed E-state index contributed by atoms with van der Waals surface area (Å²) in [5.41, 5.74) is 2.48. The van der Waals surface area contributed by atoms with E-state index in [-0.39, 0.29) is 17.3 Å². The molecule has 0 bridgehead atoms. The predicted octanol–water partition coefficient (Wildman–Crippen LogP) is 5.88. The maximum absolute atomic E-state index is 12.4. The number of esters is 1. The Morgan fingerprint density at radius 3 is 2.57 bits per heavy atom. The minimum atomic E-state index is -0.644. The molecule has 8 nitrogen and oxygen atoms in total. The van der Waals surface area contributed by atoms with Gasteiger partial charge in [0, 0.05) is 17.2 Å². The molecule has 0 atom stereocenters. The first kappa shape index (κ1) is 24.0. The Hall–Kier alpha value is -4.17. The molecule has 3 aromatic carbocycles. The topological polar surface area (TPSA) is 100 Å². The molecule has 0 saturated heterocycles. The Balaban J connectivity index is 1.61. The van der Waals surface area contributed by atoms with E-state index in [2.05, 4.69) is 4.99 Å². The fourth-order valence-electron chi connectivity index (χ4n) is 3.49. The van der Waals surface area contributed by atoms with E-state index in [1.54, 1.807) is 25.1 Å². The van der Waals surface area contributed by atoms with Gasteiger partial charge in [-0.15, -0.1) is 0 Å². The number of halogens is 1.